The summed E-state index contributed by atoms with van der Waals surface area (Å²) < 4.78 is 25.8. The Morgan fingerprint density at radius 2 is 2.11 bits per heavy atom. The molecule has 8 heteroatoms. The fourth-order valence-electron chi connectivity index (χ4n) is 1.36. The second-order valence-corrected chi connectivity index (χ2v) is 5.83. The molecule has 102 valence electrons. The first-order valence-electron chi connectivity index (χ1n) is 5.45. The highest BCUT2D eigenvalue weighted by molar-refractivity contribution is 7.88. The van der Waals surface area contributed by atoms with Crippen molar-refractivity contribution in [3.63, 3.8) is 0 Å². The summed E-state index contributed by atoms with van der Waals surface area (Å²) >= 11 is 0. The molecule has 7 nitrogen and oxygen atoms in total. The van der Waals surface area contributed by atoms with E-state index < -0.39 is 26.6 Å². The van der Waals surface area contributed by atoms with Gasteiger partial charge in [-0.05, 0) is 6.92 Å². The number of nitrogens with zero attached hydrogens (tertiary/aromatic N) is 2. The van der Waals surface area contributed by atoms with Crippen LogP contribution in [0.3, 0.4) is 0 Å². The number of hydrogen-bond donors (Lipinski definition) is 1. The molecule has 1 atom stereocenters. The molecule has 0 heterocycles. The fourth-order valence-corrected chi connectivity index (χ4v) is 2.62. The van der Waals surface area contributed by atoms with Gasteiger partial charge < -0.3 is 0 Å². The number of hydrogen-bond acceptors (Lipinski definition) is 5. The van der Waals surface area contributed by atoms with E-state index in [1.807, 2.05) is 6.07 Å². The van der Waals surface area contributed by atoms with Crippen LogP contribution in [0.15, 0.2) is 24.3 Å². The van der Waals surface area contributed by atoms with Crippen molar-refractivity contribution in [1.82, 2.24) is 4.72 Å². The van der Waals surface area contributed by atoms with Gasteiger partial charge in [0.25, 0.3) is 5.69 Å². The quantitative estimate of drug-likeness (QED) is 0.622. The third-order valence-corrected chi connectivity index (χ3v) is 3.66. The van der Waals surface area contributed by atoms with Crippen LogP contribution in [0, 0.1) is 27.4 Å². The van der Waals surface area contributed by atoms with E-state index in [2.05, 4.69) is 4.72 Å². The van der Waals surface area contributed by atoms with Crippen LogP contribution >= 0.6 is 0 Å². The van der Waals surface area contributed by atoms with Gasteiger partial charge in [0.15, 0.2) is 0 Å². The van der Waals surface area contributed by atoms with Crippen molar-refractivity contribution < 1.29 is 13.3 Å². The Hall–Kier alpha value is -1.98. The Morgan fingerprint density at radius 1 is 1.47 bits per heavy atom. The van der Waals surface area contributed by atoms with Crippen LogP contribution in [0.4, 0.5) is 5.69 Å². The summed E-state index contributed by atoms with van der Waals surface area (Å²) in [6.45, 7) is 1.56. The summed E-state index contributed by atoms with van der Waals surface area (Å²) in [7, 11) is -3.70. The normalized spacial score (nSPS) is 12.6. The number of nitriles is 1. The van der Waals surface area contributed by atoms with E-state index in [0.717, 1.165) is 0 Å². The summed E-state index contributed by atoms with van der Waals surface area (Å²) in [5, 5.41) is 19.3. The molecule has 1 rings (SSSR count). The van der Waals surface area contributed by atoms with Gasteiger partial charge in [-0.2, -0.15) is 5.26 Å². The lowest BCUT2D eigenvalue weighted by Crippen LogP contribution is -2.29. The van der Waals surface area contributed by atoms with Crippen molar-refractivity contribution in [2.24, 2.45) is 5.92 Å². The smallest absolute Gasteiger partial charge is 0.258 e. The van der Waals surface area contributed by atoms with Crippen LogP contribution in [-0.4, -0.2) is 19.9 Å². The molecule has 0 spiro atoms. The second kappa shape index (κ2) is 6.26. The van der Waals surface area contributed by atoms with Crippen molar-refractivity contribution in [2.45, 2.75) is 12.7 Å². The number of rotatable bonds is 6. The number of sulfonamides is 1. The minimum Gasteiger partial charge on any atom is -0.258 e. The maximum absolute atomic E-state index is 11.8. The lowest BCUT2D eigenvalue weighted by Gasteiger charge is -2.07. The molecule has 0 aliphatic carbocycles. The minimum absolute atomic E-state index is 0.0144. The molecule has 19 heavy (non-hydrogen) atoms. The van der Waals surface area contributed by atoms with Crippen molar-refractivity contribution in [1.29, 1.82) is 5.26 Å². The van der Waals surface area contributed by atoms with Gasteiger partial charge in [-0.1, -0.05) is 18.2 Å². The summed E-state index contributed by atoms with van der Waals surface area (Å²) in [5.41, 5.74) is -0.120. The maximum atomic E-state index is 11.8. The molecule has 0 bridgehead atoms. The van der Waals surface area contributed by atoms with E-state index in [0.29, 0.717) is 0 Å². The largest absolute Gasteiger partial charge is 0.273 e. The third-order valence-electron chi connectivity index (χ3n) is 2.36. The van der Waals surface area contributed by atoms with Crippen LogP contribution in [0.25, 0.3) is 0 Å². The Labute approximate surface area is 111 Å². The summed E-state index contributed by atoms with van der Waals surface area (Å²) in [6, 6.07) is 7.55. The van der Waals surface area contributed by atoms with Gasteiger partial charge in [0.2, 0.25) is 10.0 Å². The SMILES string of the molecule is CC(C#N)CNS(=O)(=O)Cc1ccccc1[N+](=O)[O-]. The maximum Gasteiger partial charge on any atom is 0.273 e. The number of nitro groups is 1. The molecule has 0 saturated carbocycles. The first kappa shape index (κ1) is 15.1. The van der Waals surface area contributed by atoms with Gasteiger partial charge >= 0.3 is 0 Å². The summed E-state index contributed by atoms with van der Waals surface area (Å²) in [5.74, 6) is -0.942. The molecule has 0 aromatic heterocycles. The predicted molar refractivity (Wildman–Crippen MR) is 68.5 cm³/mol. The zero-order valence-electron chi connectivity index (χ0n) is 10.2. The van der Waals surface area contributed by atoms with Gasteiger partial charge in [0.05, 0.1) is 22.7 Å². The number of nitro benzene ring substituents is 1. The Balaban J connectivity index is 2.85. The molecule has 1 N–H and O–H groups in total. The van der Waals surface area contributed by atoms with Gasteiger partial charge in [0.1, 0.15) is 0 Å². The molecular weight excluding hydrogens is 270 g/mol. The van der Waals surface area contributed by atoms with Gasteiger partial charge in [-0.25, -0.2) is 13.1 Å². The van der Waals surface area contributed by atoms with E-state index in [1.165, 1.54) is 24.3 Å². The van der Waals surface area contributed by atoms with Crippen LogP contribution in [0.2, 0.25) is 0 Å². The first-order valence-corrected chi connectivity index (χ1v) is 7.10. The van der Waals surface area contributed by atoms with Gasteiger partial charge in [-0.3, -0.25) is 10.1 Å². The molecule has 0 amide bonds. The second-order valence-electron chi connectivity index (χ2n) is 4.02. The summed E-state index contributed by atoms with van der Waals surface area (Å²) in [6.07, 6.45) is 0. The van der Waals surface area contributed by atoms with E-state index in [1.54, 1.807) is 6.92 Å². The molecule has 0 aliphatic rings. The molecule has 1 aromatic rings. The zero-order chi connectivity index (χ0) is 14.5. The van der Waals surface area contributed by atoms with Gasteiger partial charge in [-0.15, -0.1) is 0 Å². The van der Waals surface area contributed by atoms with E-state index in [-0.39, 0.29) is 17.8 Å². The van der Waals surface area contributed by atoms with Crippen LogP contribution in [0.1, 0.15) is 12.5 Å². The van der Waals surface area contributed by atoms with E-state index in [4.69, 9.17) is 5.26 Å². The lowest BCUT2D eigenvalue weighted by molar-refractivity contribution is -0.385. The zero-order valence-corrected chi connectivity index (χ0v) is 11.1. The summed E-state index contributed by atoms with van der Waals surface area (Å²) in [4.78, 5) is 10.1. The molecule has 0 fully saturated rings. The highest BCUT2D eigenvalue weighted by Gasteiger charge is 2.19. The van der Waals surface area contributed by atoms with Crippen LogP contribution in [-0.2, 0) is 15.8 Å². The molecule has 1 unspecified atom stereocenters. The topological polar surface area (TPSA) is 113 Å². The molecule has 0 saturated heterocycles. The highest BCUT2D eigenvalue weighted by atomic mass is 32.2. The van der Waals surface area contributed by atoms with E-state index >= 15 is 0 Å². The van der Waals surface area contributed by atoms with Crippen molar-refractivity contribution in [3.05, 3.63) is 39.9 Å². The Morgan fingerprint density at radius 3 is 2.68 bits per heavy atom. The number of nitrogens with one attached hydrogen (secondary N) is 1. The van der Waals surface area contributed by atoms with Crippen LogP contribution in [0.5, 0.6) is 0 Å². The van der Waals surface area contributed by atoms with Gasteiger partial charge in [0, 0.05) is 18.2 Å². The van der Waals surface area contributed by atoms with Crippen molar-refractivity contribution in [2.75, 3.05) is 6.54 Å². The molecule has 0 radical (unpaired) electrons. The monoisotopic (exact) mass is 283 g/mol. The number of para-hydroxylation sites is 1. The van der Waals surface area contributed by atoms with E-state index in [9.17, 15) is 18.5 Å². The predicted octanol–water partition coefficient (Wildman–Crippen LogP) is 1.17. The van der Waals surface area contributed by atoms with Crippen molar-refractivity contribution >= 4 is 15.7 Å². The standard InChI is InChI=1S/C11H13N3O4S/c1-9(6-12)7-13-19(17,18)8-10-4-2-3-5-11(10)14(15)16/h2-5,9,13H,7-8H2,1H3. The number of benzene rings is 1. The fraction of sp³-hybridized carbons (Fsp3) is 0.364. The highest BCUT2D eigenvalue weighted by Crippen LogP contribution is 2.19. The lowest BCUT2D eigenvalue weighted by atomic mass is 10.2. The molecule has 1 aromatic carbocycles. The first-order chi connectivity index (χ1) is 8.85. The van der Waals surface area contributed by atoms with Crippen molar-refractivity contribution in [3.8, 4) is 6.07 Å². The molecule has 0 aliphatic heterocycles. The third kappa shape index (κ3) is 4.65. The molecular formula is C11H13N3O4S. The average molecular weight is 283 g/mol. The minimum atomic E-state index is -3.70. The average Bonchev–Trinajstić information content (AvgIpc) is 2.36. The Kier molecular flexibility index (Phi) is 4.97. The van der Waals surface area contributed by atoms with Crippen LogP contribution < -0.4 is 4.72 Å². The Bertz CT molecular complexity index is 607.